The zero-order valence-electron chi connectivity index (χ0n) is 13.3. The van der Waals surface area contributed by atoms with E-state index in [1.54, 1.807) is 18.2 Å². The highest BCUT2D eigenvalue weighted by Crippen LogP contribution is 2.23. The number of hydrogen-bond donors (Lipinski definition) is 1. The third kappa shape index (κ3) is 4.21. The Labute approximate surface area is 132 Å². The highest BCUT2D eigenvalue weighted by molar-refractivity contribution is 5.66. The van der Waals surface area contributed by atoms with Gasteiger partial charge in [-0.25, -0.2) is 0 Å². The van der Waals surface area contributed by atoms with Crippen LogP contribution < -0.4 is 5.32 Å². The van der Waals surface area contributed by atoms with E-state index in [2.05, 4.69) is 41.4 Å². The van der Waals surface area contributed by atoms with Crippen LogP contribution in [0, 0.1) is 22.7 Å². The minimum Gasteiger partial charge on any atom is -0.380 e. The molecule has 22 heavy (non-hydrogen) atoms. The number of piperidine rings is 1. The molecular formula is C17H23N5. The van der Waals surface area contributed by atoms with Gasteiger partial charge in [-0.15, -0.1) is 0 Å². The number of rotatable bonds is 5. The SMILES string of the molecule is CN(C)CCN1CCC(Nc2c(C#N)cccc2C#N)CC1. The quantitative estimate of drug-likeness (QED) is 0.898. The maximum Gasteiger partial charge on any atom is 0.101 e. The van der Waals surface area contributed by atoms with Gasteiger partial charge in [-0.1, -0.05) is 6.07 Å². The molecule has 0 aliphatic carbocycles. The molecule has 5 nitrogen and oxygen atoms in total. The summed E-state index contributed by atoms with van der Waals surface area (Å²) in [6.07, 6.45) is 2.08. The summed E-state index contributed by atoms with van der Waals surface area (Å²) in [6.45, 7) is 4.29. The van der Waals surface area contributed by atoms with E-state index in [1.165, 1.54) is 0 Å². The normalized spacial score (nSPS) is 16.2. The van der Waals surface area contributed by atoms with Gasteiger partial charge in [0.05, 0.1) is 16.8 Å². The molecule has 1 fully saturated rings. The van der Waals surface area contributed by atoms with Crippen LogP contribution in [0.1, 0.15) is 24.0 Å². The van der Waals surface area contributed by atoms with E-state index in [1.807, 2.05) is 0 Å². The molecular weight excluding hydrogens is 274 g/mol. The summed E-state index contributed by atoms with van der Waals surface area (Å²) >= 11 is 0. The largest absolute Gasteiger partial charge is 0.380 e. The van der Waals surface area contributed by atoms with Crippen molar-refractivity contribution in [1.29, 1.82) is 10.5 Å². The first kappa shape index (κ1) is 16.3. The lowest BCUT2D eigenvalue weighted by molar-refractivity contribution is 0.199. The lowest BCUT2D eigenvalue weighted by Crippen LogP contribution is -2.41. The van der Waals surface area contributed by atoms with Crippen LogP contribution in [-0.2, 0) is 0 Å². The number of para-hydroxylation sites is 1. The lowest BCUT2D eigenvalue weighted by atomic mass is 10.0. The van der Waals surface area contributed by atoms with Gasteiger partial charge < -0.3 is 15.1 Å². The second-order valence-electron chi connectivity index (χ2n) is 6.02. The Morgan fingerprint density at radius 2 is 1.77 bits per heavy atom. The minimum atomic E-state index is 0.331. The van der Waals surface area contributed by atoms with Crippen LogP contribution in [0.5, 0.6) is 0 Å². The fourth-order valence-corrected chi connectivity index (χ4v) is 2.74. The first-order valence-corrected chi connectivity index (χ1v) is 7.71. The zero-order chi connectivity index (χ0) is 15.9. The van der Waals surface area contributed by atoms with E-state index in [-0.39, 0.29) is 0 Å². The van der Waals surface area contributed by atoms with Crippen molar-refractivity contribution < 1.29 is 0 Å². The molecule has 0 radical (unpaired) electrons. The summed E-state index contributed by atoms with van der Waals surface area (Å²) in [5.74, 6) is 0. The Balaban J connectivity index is 1.94. The minimum absolute atomic E-state index is 0.331. The van der Waals surface area contributed by atoms with Gasteiger partial charge in [0.1, 0.15) is 12.1 Å². The molecule has 5 heteroatoms. The van der Waals surface area contributed by atoms with Crippen molar-refractivity contribution in [2.24, 2.45) is 0 Å². The van der Waals surface area contributed by atoms with E-state index in [9.17, 15) is 10.5 Å². The average molecular weight is 297 g/mol. The number of likely N-dealkylation sites (tertiary alicyclic amines) is 1. The van der Waals surface area contributed by atoms with Gasteiger partial charge in [-0.05, 0) is 39.1 Å². The number of likely N-dealkylation sites (N-methyl/N-ethyl adjacent to an activating group) is 1. The smallest absolute Gasteiger partial charge is 0.101 e. The van der Waals surface area contributed by atoms with Crippen LogP contribution in [-0.4, -0.2) is 56.1 Å². The van der Waals surface area contributed by atoms with Crippen LogP contribution in [0.2, 0.25) is 0 Å². The van der Waals surface area contributed by atoms with Crippen molar-refractivity contribution in [1.82, 2.24) is 9.80 Å². The molecule has 1 aromatic rings. The monoisotopic (exact) mass is 297 g/mol. The summed E-state index contributed by atoms with van der Waals surface area (Å²) in [4.78, 5) is 4.67. The lowest BCUT2D eigenvalue weighted by Gasteiger charge is -2.33. The van der Waals surface area contributed by atoms with Crippen molar-refractivity contribution >= 4 is 5.69 Å². The van der Waals surface area contributed by atoms with Crippen LogP contribution >= 0.6 is 0 Å². The molecule has 0 aromatic heterocycles. The Morgan fingerprint density at radius 1 is 1.18 bits per heavy atom. The third-order valence-corrected chi connectivity index (χ3v) is 4.10. The third-order valence-electron chi connectivity index (χ3n) is 4.10. The van der Waals surface area contributed by atoms with Gasteiger partial charge in [0, 0.05) is 32.2 Å². The van der Waals surface area contributed by atoms with Gasteiger partial charge in [-0.3, -0.25) is 0 Å². The van der Waals surface area contributed by atoms with E-state index in [0.717, 1.165) is 39.0 Å². The van der Waals surface area contributed by atoms with Crippen LogP contribution in [0.4, 0.5) is 5.69 Å². The van der Waals surface area contributed by atoms with E-state index in [4.69, 9.17) is 0 Å². The van der Waals surface area contributed by atoms with Crippen LogP contribution in [0.25, 0.3) is 0 Å². The number of anilines is 1. The fourth-order valence-electron chi connectivity index (χ4n) is 2.74. The predicted molar refractivity (Wildman–Crippen MR) is 87.5 cm³/mol. The highest BCUT2D eigenvalue weighted by atomic mass is 15.2. The molecule has 1 aromatic carbocycles. The summed E-state index contributed by atoms with van der Waals surface area (Å²) in [5, 5.41) is 21.9. The van der Waals surface area contributed by atoms with Gasteiger partial charge in [0.15, 0.2) is 0 Å². The standard InChI is InChI=1S/C17H23N5/c1-21(2)10-11-22-8-6-16(7-9-22)20-17-14(12-18)4-3-5-15(17)13-19/h3-5,16,20H,6-11H2,1-2H3. The van der Waals surface area contributed by atoms with Crippen molar-refractivity contribution in [3.05, 3.63) is 29.3 Å². The van der Waals surface area contributed by atoms with Crippen molar-refractivity contribution in [2.75, 3.05) is 45.6 Å². The first-order valence-electron chi connectivity index (χ1n) is 7.71. The van der Waals surface area contributed by atoms with E-state index >= 15 is 0 Å². The molecule has 116 valence electrons. The molecule has 1 aliphatic heterocycles. The van der Waals surface area contributed by atoms with Crippen LogP contribution in [0.3, 0.4) is 0 Å². The number of hydrogen-bond acceptors (Lipinski definition) is 5. The van der Waals surface area contributed by atoms with E-state index in [0.29, 0.717) is 22.9 Å². The Bertz CT molecular complexity index is 541. The molecule has 1 heterocycles. The number of nitriles is 2. The summed E-state index contributed by atoms with van der Waals surface area (Å²) in [6, 6.07) is 9.95. The highest BCUT2D eigenvalue weighted by Gasteiger charge is 2.20. The molecule has 0 spiro atoms. The maximum absolute atomic E-state index is 9.22. The zero-order valence-corrected chi connectivity index (χ0v) is 13.3. The molecule has 0 saturated carbocycles. The predicted octanol–water partition coefficient (Wildman–Crippen LogP) is 1.87. The molecule has 1 aliphatic rings. The molecule has 0 bridgehead atoms. The molecule has 1 N–H and O–H groups in total. The Morgan fingerprint density at radius 3 is 2.27 bits per heavy atom. The van der Waals surface area contributed by atoms with Gasteiger partial charge >= 0.3 is 0 Å². The number of benzene rings is 1. The second kappa shape index (κ2) is 7.79. The summed E-state index contributed by atoms with van der Waals surface area (Å²) in [7, 11) is 4.19. The van der Waals surface area contributed by atoms with Gasteiger partial charge in [0.25, 0.3) is 0 Å². The Hall–Kier alpha value is -2.08. The number of nitrogens with one attached hydrogen (secondary N) is 1. The molecule has 1 saturated heterocycles. The van der Waals surface area contributed by atoms with Crippen molar-refractivity contribution in [3.63, 3.8) is 0 Å². The maximum atomic E-state index is 9.22. The second-order valence-corrected chi connectivity index (χ2v) is 6.02. The average Bonchev–Trinajstić information content (AvgIpc) is 2.54. The number of nitrogens with zero attached hydrogens (tertiary/aromatic N) is 4. The summed E-state index contributed by atoms with van der Waals surface area (Å²) in [5.41, 5.74) is 1.79. The molecule has 2 rings (SSSR count). The van der Waals surface area contributed by atoms with Gasteiger partial charge in [0.2, 0.25) is 0 Å². The first-order chi connectivity index (χ1) is 10.6. The molecule has 0 amide bonds. The van der Waals surface area contributed by atoms with Gasteiger partial charge in [-0.2, -0.15) is 10.5 Å². The Kier molecular flexibility index (Phi) is 5.77. The topological polar surface area (TPSA) is 66.1 Å². The fraction of sp³-hybridized carbons (Fsp3) is 0.529. The molecule has 0 unspecified atom stereocenters. The summed E-state index contributed by atoms with van der Waals surface area (Å²) < 4.78 is 0. The molecule has 0 atom stereocenters. The van der Waals surface area contributed by atoms with Crippen molar-refractivity contribution in [3.8, 4) is 12.1 Å². The van der Waals surface area contributed by atoms with Crippen LogP contribution in [0.15, 0.2) is 18.2 Å². The van der Waals surface area contributed by atoms with Crippen molar-refractivity contribution in [2.45, 2.75) is 18.9 Å². The van der Waals surface area contributed by atoms with E-state index < -0.39 is 0 Å².